The summed E-state index contributed by atoms with van der Waals surface area (Å²) in [7, 11) is 0. The van der Waals surface area contributed by atoms with Crippen LogP contribution < -0.4 is 0 Å². The lowest BCUT2D eigenvalue weighted by atomic mass is 9.47. The number of rotatable bonds is 2. The topological polar surface area (TPSA) is 38.7 Å². The summed E-state index contributed by atoms with van der Waals surface area (Å²) in [5.74, 6) is 4.23. The van der Waals surface area contributed by atoms with Gasteiger partial charge >= 0.3 is 0 Å². The maximum absolute atomic E-state index is 12.1. The Balaban J connectivity index is 1.22. The number of Topliss-reactive ketones (excluding diaryl/α,β-unsaturated/α-hetero) is 1. The standard InChI is InChI=1S/C28H35NO2/c1-27-14-12-20(30)16-19(27)8-9-21-22-10-11-24(28(22,2)15-13-23(21)27)25-17-29-26(31-25)18-6-4-3-5-7-18/h3-8,21-25H,9-17H2,1-2H3/t21-,22-,23-,24+,25-,27-,28-/m0/s1. The number of allylic oxidation sites excluding steroid dienone is 2. The molecule has 6 rings (SSSR count). The van der Waals surface area contributed by atoms with Crippen LogP contribution in [0.1, 0.15) is 70.8 Å². The van der Waals surface area contributed by atoms with Crippen LogP contribution in [-0.2, 0) is 9.53 Å². The highest BCUT2D eigenvalue weighted by Crippen LogP contribution is 2.66. The molecule has 3 heteroatoms. The van der Waals surface area contributed by atoms with E-state index < -0.39 is 0 Å². The lowest BCUT2D eigenvalue weighted by Crippen LogP contribution is -2.51. The Bertz CT molecular complexity index is 949. The normalized spacial score (nSPS) is 43.9. The van der Waals surface area contributed by atoms with Gasteiger partial charge in [0, 0.05) is 24.3 Å². The van der Waals surface area contributed by atoms with Crippen LogP contribution >= 0.6 is 0 Å². The first-order chi connectivity index (χ1) is 15.0. The SMILES string of the molecule is C[C@]12CC[C@H]3[C@@H](CC=C4CC(=O)CC[C@@]43C)[C@@H]1CC[C@@H]2[C@@H]1CN=C(c2ccccc2)O1. The van der Waals surface area contributed by atoms with E-state index in [1.807, 2.05) is 6.07 Å². The third-order valence-corrected chi connectivity index (χ3v) is 10.2. The lowest BCUT2D eigenvalue weighted by molar-refractivity contribution is -0.122. The summed E-state index contributed by atoms with van der Waals surface area (Å²) >= 11 is 0. The minimum Gasteiger partial charge on any atom is -0.472 e. The van der Waals surface area contributed by atoms with E-state index in [0.717, 1.165) is 55.0 Å². The maximum atomic E-state index is 12.1. The van der Waals surface area contributed by atoms with Gasteiger partial charge in [0.15, 0.2) is 0 Å². The number of aliphatic imine (C=N–C) groups is 1. The van der Waals surface area contributed by atoms with E-state index in [2.05, 4.69) is 44.2 Å². The molecule has 1 aliphatic heterocycles. The molecular formula is C28H35NO2. The zero-order valence-corrected chi connectivity index (χ0v) is 19.0. The van der Waals surface area contributed by atoms with Crippen molar-refractivity contribution in [3.05, 3.63) is 47.5 Å². The van der Waals surface area contributed by atoms with Crippen molar-refractivity contribution in [3.63, 3.8) is 0 Å². The predicted octanol–water partition coefficient (Wildman–Crippen LogP) is 5.98. The van der Waals surface area contributed by atoms with E-state index in [1.165, 1.54) is 37.7 Å². The van der Waals surface area contributed by atoms with Gasteiger partial charge in [-0.05, 0) is 79.2 Å². The van der Waals surface area contributed by atoms with E-state index in [1.54, 1.807) is 0 Å². The first kappa shape index (κ1) is 19.8. The molecule has 31 heavy (non-hydrogen) atoms. The van der Waals surface area contributed by atoms with Gasteiger partial charge in [-0.3, -0.25) is 4.79 Å². The van der Waals surface area contributed by atoms with E-state index in [0.29, 0.717) is 17.1 Å². The smallest absolute Gasteiger partial charge is 0.216 e. The first-order valence-corrected chi connectivity index (χ1v) is 12.5. The van der Waals surface area contributed by atoms with Gasteiger partial charge < -0.3 is 4.74 Å². The Labute approximate surface area is 186 Å². The minimum atomic E-state index is 0.235. The van der Waals surface area contributed by atoms with Crippen molar-refractivity contribution >= 4 is 11.7 Å². The molecule has 0 radical (unpaired) electrons. The second-order valence-electron chi connectivity index (χ2n) is 11.4. The van der Waals surface area contributed by atoms with E-state index in [-0.39, 0.29) is 11.5 Å². The second kappa shape index (κ2) is 7.05. The molecule has 164 valence electrons. The van der Waals surface area contributed by atoms with E-state index in [9.17, 15) is 4.79 Å². The summed E-state index contributed by atoms with van der Waals surface area (Å²) in [6, 6.07) is 10.4. The van der Waals surface area contributed by atoms with Crippen molar-refractivity contribution in [1.29, 1.82) is 0 Å². The van der Waals surface area contributed by atoms with Gasteiger partial charge in [0.25, 0.3) is 0 Å². The molecule has 5 aliphatic rings. The highest BCUT2D eigenvalue weighted by molar-refractivity contribution is 5.95. The zero-order valence-electron chi connectivity index (χ0n) is 19.0. The molecule has 1 aromatic rings. The van der Waals surface area contributed by atoms with Crippen LogP contribution in [0.25, 0.3) is 0 Å². The number of carbonyl (C=O) groups excluding carboxylic acids is 1. The number of hydrogen-bond acceptors (Lipinski definition) is 3. The monoisotopic (exact) mass is 417 g/mol. The number of benzene rings is 1. The van der Waals surface area contributed by atoms with Crippen LogP contribution in [0.3, 0.4) is 0 Å². The van der Waals surface area contributed by atoms with Crippen molar-refractivity contribution in [2.24, 2.45) is 39.5 Å². The maximum Gasteiger partial charge on any atom is 0.216 e. The summed E-state index contributed by atoms with van der Waals surface area (Å²) < 4.78 is 6.50. The lowest BCUT2D eigenvalue weighted by Gasteiger charge is -2.57. The van der Waals surface area contributed by atoms with Crippen LogP contribution in [0.4, 0.5) is 0 Å². The summed E-state index contributed by atoms with van der Waals surface area (Å²) in [5, 5.41) is 0. The molecule has 4 aliphatic carbocycles. The molecule has 1 heterocycles. The van der Waals surface area contributed by atoms with Crippen LogP contribution in [-0.4, -0.2) is 24.3 Å². The Morgan fingerprint density at radius 2 is 1.81 bits per heavy atom. The molecule has 3 nitrogen and oxygen atoms in total. The molecule has 0 amide bonds. The first-order valence-electron chi connectivity index (χ1n) is 12.5. The van der Waals surface area contributed by atoms with Gasteiger partial charge in [0.2, 0.25) is 5.90 Å². The molecule has 0 spiro atoms. The Morgan fingerprint density at radius 3 is 2.65 bits per heavy atom. The quantitative estimate of drug-likeness (QED) is 0.555. The summed E-state index contributed by atoms with van der Waals surface area (Å²) in [4.78, 5) is 16.9. The van der Waals surface area contributed by atoms with Crippen LogP contribution in [0, 0.1) is 34.5 Å². The summed E-state index contributed by atoms with van der Waals surface area (Å²) in [5.41, 5.74) is 3.21. The third-order valence-electron chi connectivity index (χ3n) is 10.2. The average Bonchev–Trinajstić information content (AvgIpc) is 3.39. The number of fused-ring (bicyclic) bond motifs is 5. The van der Waals surface area contributed by atoms with Crippen molar-refractivity contribution in [3.8, 4) is 0 Å². The fourth-order valence-electron chi connectivity index (χ4n) is 8.47. The fraction of sp³-hybridized carbons (Fsp3) is 0.643. The van der Waals surface area contributed by atoms with Crippen molar-refractivity contribution in [2.45, 2.75) is 71.3 Å². The molecule has 0 bridgehead atoms. The second-order valence-corrected chi connectivity index (χ2v) is 11.4. The van der Waals surface area contributed by atoms with Gasteiger partial charge in [0.1, 0.15) is 11.9 Å². The predicted molar refractivity (Wildman–Crippen MR) is 123 cm³/mol. The van der Waals surface area contributed by atoms with Crippen LogP contribution in [0.5, 0.6) is 0 Å². The third kappa shape index (κ3) is 2.91. The highest BCUT2D eigenvalue weighted by atomic mass is 16.5. The van der Waals surface area contributed by atoms with Gasteiger partial charge in [0.05, 0.1) is 6.54 Å². The average molecular weight is 418 g/mol. The van der Waals surface area contributed by atoms with Gasteiger partial charge in [-0.1, -0.05) is 43.7 Å². The Hall–Kier alpha value is -1.90. The van der Waals surface area contributed by atoms with Gasteiger partial charge in [-0.2, -0.15) is 0 Å². The van der Waals surface area contributed by atoms with E-state index in [4.69, 9.17) is 9.73 Å². The van der Waals surface area contributed by atoms with Crippen LogP contribution in [0.2, 0.25) is 0 Å². The number of ether oxygens (including phenoxy) is 1. The number of carbonyl (C=O) groups is 1. The zero-order chi connectivity index (χ0) is 21.2. The molecule has 0 N–H and O–H groups in total. The van der Waals surface area contributed by atoms with Crippen LogP contribution in [0.15, 0.2) is 47.0 Å². The summed E-state index contributed by atoms with van der Waals surface area (Å²) in [6.07, 6.45) is 11.7. The number of nitrogens with zero attached hydrogens (tertiary/aromatic N) is 1. The minimum absolute atomic E-state index is 0.235. The Morgan fingerprint density at radius 1 is 1.00 bits per heavy atom. The van der Waals surface area contributed by atoms with Crippen molar-refractivity contribution in [1.82, 2.24) is 0 Å². The molecule has 0 unspecified atom stereocenters. The molecular weight excluding hydrogens is 382 g/mol. The number of hydrogen-bond donors (Lipinski definition) is 0. The van der Waals surface area contributed by atoms with Crippen molar-refractivity contribution in [2.75, 3.05) is 6.54 Å². The molecule has 0 saturated heterocycles. The molecule has 3 fully saturated rings. The molecule has 3 saturated carbocycles. The largest absolute Gasteiger partial charge is 0.472 e. The fourth-order valence-corrected chi connectivity index (χ4v) is 8.47. The van der Waals surface area contributed by atoms with Crippen molar-refractivity contribution < 1.29 is 9.53 Å². The van der Waals surface area contributed by atoms with Gasteiger partial charge in [-0.15, -0.1) is 0 Å². The summed E-state index contributed by atoms with van der Waals surface area (Å²) in [6.45, 7) is 5.87. The molecule has 7 atom stereocenters. The Kier molecular flexibility index (Phi) is 4.49. The molecule has 0 aromatic heterocycles. The van der Waals surface area contributed by atoms with E-state index >= 15 is 0 Å². The molecule has 1 aromatic carbocycles. The highest BCUT2D eigenvalue weighted by Gasteiger charge is 2.60. The van der Waals surface area contributed by atoms with Gasteiger partial charge in [-0.25, -0.2) is 4.99 Å². The number of ketones is 1.